The Morgan fingerprint density at radius 2 is 1.82 bits per heavy atom. The SMILES string of the molecule is CCNC(=O)[C@@H](CC)N(Cc1cccc(OC)c1)C(=O)CN(c1cccc(Br)c1)S(C)(=O)=O. The van der Waals surface area contributed by atoms with Crippen molar-refractivity contribution in [2.24, 2.45) is 0 Å². The Kier molecular flexibility index (Phi) is 9.72. The highest BCUT2D eigenvalue weighted by molar-refractivity contribution is 9.10. The van der Waals surface area contributed by atoms with Crippen molar-refractivity contribution in [1.82, 2.24) is 10.2 Å². The number of hydrogen-bond donors (Lipinski definition) is 1. The predicted octanol–water partition coefficient (Wildman–Crippen LogP) is 3.17. The highest BCUT2D eigenvalue weighted by Gasteiger charge is 2.31. The van der Waals surface area contributed by atoms with Gasteiger partial charge in [0.25, 0.3) is 0 Å². The number of hydrogen-bond acceptors (Lipinski definition) is 5. The third kappa shape index (κ3) is 7.46. The van der Waals surface area contributed by atoms with Gasteiger partial charge in [-0.15, -0.1) is 0 Å². The normalized spacial score (nSPS) is 12.0. The van der Waals surface area contributed by atoms with E-state index in [0.717, 1.165) is 16.1 Å². The molecule has 1 atom stereocenters. The Bertz CT molecular complexity index is 1080. The first-order chi connectivity index (χ1) is 15.6. The van der Waals surface area contributed by atoms with Gasteiger partial charge in [-0.25, -0.2) is 8.42 Å². The lowest BCUT2D eigenvalue weighted by atomic mass is 10.1. The lowest BCUT2D eigenvalue weighted by Gasteiger charge is -2.32. The van der Waals surface area contributed by atoms with Gasteiger partial charge in [0.1, 0.15) is 18.3 Å². The number of amides is 2. The Labute approximate surface area is 204 Å². The second-order valence-corrected chi connectivity index (χ2v) is 10.3. The lowest BCUT2D eigenvalue weighted by Crippen LogP contribution is -2.52. The topological polar surface area (TPSA) is 96.0 Å². The van der Waals surface area contributed by atoms with Crippen molar-refractivity contribution in [3.63, 3.8) is 0 Å². The second-order valence-electron chi connectivity index (χ2n) is 7.44. The quantitative estimate of drug-likeness (QED) is 0.473. The number of benzene rings is 2. The number of nitrogens with zero attached hydrogens (tertiary/aromatic N) is 2. The number of carbonyl (C=O) groups excluding carboxylic acids is 2. The summed E-state index contributed by atoms with van der Waals surface area (Å²) in [7, 11) is -2.22. The minimum absolute atomic E-state index is 0.127. The Morgan fingerprint density at radius 3 is 2.39 bits per heavy atom. The van der Waals surface area contributed by atoms with Gasteiger partial charge in [-0.3, -0.25) is 13.9 Å². The van der Waals surface area contributed by atoms with E-state index in [2.05, 4.69) is 21.2 Å². The van der Waals surface area contributed by atoms with Gasteiger partial charge in [-0.2, -0.15) is 0 Å². The molecule has 0 saturated heterocycles. The Balaban J connectivity index is 2.44. The van der Waals surface area contributed by atoms with Gasteiger partial charge >= 0.3 is 0 Å². The molecule has 0 unspecified atom stereocenters. The predicted molar refractivity (Wildman–Crippen MR) is 133 cm³/mol. The van der Waals surface area contributed by atoms with E-state index >= 15 is 0 Å². The molecule has 2 rings (SSSR count). The van der Waals surface area contributed by atoms with Crippen LogP contribution in [0.3, 0.4) is 0 Å². The molecular formula is C23H30BrN3O5S. The molecule has 2 amide bonds. The van der Waals surface area contributed by atoms with E-state index in [1.165, 1.54) is 4.90 Å². The van der Waals surface area contributed by atoms with Crippen molar-refractivity contribution in [3.8, 4) is 5.75 Å². The average molecular weight is 540 g/mol. The van der Waals surface area contributed by atoms with Crippen molar-refractivity contribution >= 4 is 43.5 Å². The van der Waals surface area contributed by atoms with E-state index in [0.29, 0.717) is 28.9 Å². The zero-order chi connectivity index (χ0) is 24.6. The maximum atomic E-state index is 13.5. The fourth-order valence-corrected chi connectivity index (χ4v) is 4.65. The van der Waals surface area contributed by atoms with Gasteiger partial charge in [0, 0.05) is 17.6 Å². The number of halogens is 1. The van der Waals surface area contributed by atoms with Crippen LogP contribution in [0, 0.1) is 0 Å². The highest BCUT2D eigenvalue weighted by Crippen LogP contribution is 2.23. The van der Waals surface area contributed by atoms with Gasteiger partial charge in [0.05, 0.1) is 19.1 Å². The number of anilines is 1. The van der Waals surface area contributed by atoms with E-state index in [9.17, 15) is 18.0 Å². The summed E-state index contributed by atoms with van der Waals surface area (Å²) >= 11 is 3.34. The van der Waals surface area contributed by atoms with Crippen molar-refractivity contribution in [3.05, 3.63) is 58.6 Å². The zero-order valence-electron chi connectivity index (χ0n) is 19.2. The second kappa shape index (κ2) is 12.0. The van der Waals surface area contributed by atoms with Crippen LogP contribution in [0.1, 0.15) is 25.8 Å². The first-order valence-corrected chi connectivity index (χ1v) is 13.2. The van der Waals surface area contributed by atoms with Crippen LogP contribution in [0.5, 0.6) is 5.75 Å². The zero-order valence-corrected chi connectivity index (χ0v) is 21.6. The van der Waals surface area contributed by atoms with Crippen LogP contribution in [0.2, 0.25) is 0 Å². The minimum atomic E-state index is -3.77. The van der Waals surface area contributed by atoms with E-state index in [1.807, 2.05) is 13.0 Å². The molecule has 0 saturated carbocycles. The Hall–Kier alpha value is -2.59. The summed E-state index contributed by atoms with van der Waals surface area (Å²) in [5.41, 5.74) is 1.12. The smallest absolute Gasteiger partial charge is 0.244 e. The van der Waals surface area contributed by atoms with Crippen LogP contribution in [0.15, 0.2) is 53.0 Å². The lowest BCUT2D eigenvalue weighted by molar-refractivity contribution is -0.140. The maximum absolute atomic E-state index is 13.5. The number of sulfonamides is 1. The molecule has 0 radical (unpaired) electrons. The molecule has 0 heterocycles. The van der Waals surface area contributed by atoms with E-state index in [1.54, 1.807) is 56.5 Å². The summed E-state index contributed by atoms with van der Waals surface area (Å²) in [4.78, 5) is 27.7. The first-order valence-electron chi connectivity index (χ1n) is 10.5. The van der Waals surface area contributed by atoms with Gasteiger partial charge in [-0.05, 0) is 49.2 Å². The summed E-state index contributed by atoms with van der Waals surface area (Å²) in [6, 6.07) is 13.1. The minimum Gasteiger partial charge on any atom is -0.497 e. The fourth-order valence-electron chi connectivity index (χ4n) is 3.42. The number of likely N-dealkylation sites (N-methyl/N-ethyl adjacent to an activating group) is 1. The van der Waals surface area contributed by atoms with Crippen LogP contribution < -0.4 is 14.4 Å². The van der Waals surface area contributed by atoms with E-state index in [-0.39, 0.29) is 12.5 Å². The molecule has 33 heavy (non-hydrogen) atoms. The first kappa shape index (κ1) is 26.7. The van der Waals surface area contributed by atoms with E-state index < -0.39 is 28.5 Å². The summed E-state index contributed by atoms with van der Waals surface area (Å²) in [6.07, 6.45) is 1.42. The van der Waals surface area contributed by atoms with Crippen molar-refractivity contribution in [2.45, 2.75) is 32.9 Å². The Morgan fingerprint density at radius 1 is 1.12 bits per heavy atom. The molecule has 1 N–H and O–H groups in total. The number of carbonyl (C=O) groups is 2. The molecular weight excluding hydrogens is 510 g/mol. The van der Waals surface area contributed by atoms with Crippen LogP contribution in [0.4, 0.5) is 5.69 Å². The molecule has 8 nitrogen and oxygen atoms in total. The van der Waals surface area contributed by atoms with Gasteiger partial charge < -0.3 is 15.0 Å². The largest absolute Gasteiger partial charge is 0.497 e. The molecule has 10 heteroatoms. The van der Waals surface area contributed by atoms with Crippen LogP contribution in [-0.4, -0.2) is 57.6 Å². The fraction of sp³-hybridized carbons (Fsp3) is 0.391. The standard InChI is InChI=1S/C23H30BrN3O5S/c1-5-21(23(29)25-6-2)26(15-17-9-7-12-20(13-17)32-3)22(28)16-27(33(4,30)31)19-11-8-10-18(24)14-19/h7-14,21H,5-6,15-16H2,1-4H3,(H,25,29)/t21-/m1/s1. The number of nitrogens with one attached hydrogen (secondary N) is 1. The summed E-state index contributed by atoms with van der Waals surface area (Å²) in [5.74, 6) is -0.149. The molecule has 0 spiro atoms. The van der Waals surface area contributed by atoms with Gasteiger partial charge in [-0.1, -0.05) is 41.1 Å². The monoisotopic (exact) mass is 539 g/mol. The third-order valence-corrected chi connectivity index (χ3v) is 6.63. The number of rotatable bonds is 11. The van der Waals surface area contributed by atoms with E-state index in [4.69, 9.17) is 4.74 Å². The summed E-state index contributed by atoms with van der Waals surface area (Å²) in [5, 5.41) is 2.77. The van der Waals surface area contributed by atoms with Crippen LogP contribution >= 0.6 is 15.9 Å². The average Bonchev–Trinajstić information content (AvgIpc) is 2.76. The van der Waals surface area contributed by atoms with Crippen molar-refractivity contribution in [1.29, 1.82) is 0 Å². The maximum Gasteiger partial charge on any atom is 0.244 e. The third-order valence-electron chi connectivity index (χ3n) is 5.00. The highest BCUT2D eigenvalue weighted by atomic mass is 79.9. The molecule has 180 valence electrons. The molecule has 0 aliphatic rings. The molecule has 0 fully saturated rings. The molecule has 0 aromatic heterocycles. The van der Waals surface area contributed by atoms with Crippen LogP contribution in [0.25, 0.3) is 0 Å². The molecule has 2 aromatic carbocycles. The molecule has 0 aliphatic heterocycles. The van der Waals surface area contributed by atoms with Crippen molar-refractivity contribution in [2.75, 3.05) is 30.8 Å². The van der Waals surface area contributed by atoms with Gasteiger partial charge in [0.2, 0.25) is 21.8 Å². The summed E-state index contributed by atoms with van der Waals surface area (Å²) in [6.45, 7) is 3.73. The van der Waals surface area contributed by atoms with Crippen LogP contribution in [-0.2, 0) is 26.2 Å². The van der Waals surface area contributed by atoms with Crippen molar-refractivity contribution < 1.29 is 22.7 Å². The molecule has 2 aromatic rings. The molecule has 0 aliphatic carbocycles. The molecule has 0 bridgehead atoms. The van der Waals surface area contributed by atoms with Gasteiger partial charge in [0.15, 0.2) is 0 Å². The number of ether oxygens (including phenoxy) is 1. The summed E-state index contributed by atoms with van der Waals surface area (Å²) < 4.78 is 32.1. The number of methoxy groups -OCH3 is 1.